The summed E-state index contributed by atoms with van der Waals surface area (Å²) in [6.07, 6.45) is 4.89. The first-order chi connectivity index (χ1) is 13.0. The summed E-state index contributed by atoms with van der Waals surface area (Å²) in [7, 11) is 0. The first kappa shape index (κ1) is 17.9. The first-order valence-corrected chi connectivity index (χ1v) is 9.95. The number of nitro groups is 1. The second-order valence-electron chi connectivity index (χ2n) is 7.24. The molecule has 1 aromatic carbocycles. The monoisotopic (exact) mass is 388 g/mol. The summed E-state index contributed by atoms with van der Waals surface area (Å²) >= 11 is 1.29. The van der Waals surface area contributed by atoms with Gasteiger partial charge in [-0.05, 0) is 54.0 Å². The largest absolute Gasteiger partial charge is 0.325 e. The van der Waals surface area contributed by atoms with Gasteiger partial charge in [-0.1, -0.05) is 24.2 Å². The van der Waals surface area contributed by atoms with Crippen LogP contribution in [0, 0.1) is 28.9 Å². The predicted molar refractivity (Wildman–Crippen MR) is 99.5 cm³/mol. The molecule has 0 radical (unpaired) electrons. The summed E-state index contributed by atoms with van der Waals surface area (Å²) < 4.78 is 1.88. The molecule has 4 rings (SSSR count). The van der Waals surface area contributed by atoms with Crippen LogP contribution in [-0.4, -0.2) is 36.8 Å². The van der Waals surface area contributed by atoms with Crippen molar-refractivity contribution in [1.82, 2.24) is 20.2 Å². The van der Waals surface area contributed by atoms with Crippen molar-refractivity contribution in [2.24, 2.45) is 11.8 Å². The van der Waals surface area contributed by atoms with Gasteiger partial charge in [-0.25, -0.2) is 4.68 Å². The number of thioether (sulfide) groups is 1. The number of nitro benzene ring substituents is 1. The van der Waals surface area contributed by atoms with Gasteiger partial charge in [-0.2, -0.15) is 0 Å². The summed E-state index contributed by atoms with van der Waals surface area (Å²) in [6, 6.07) is 4.75. The van der Waals surface area contributed by atoms with E-state index in [1.54, 1.807) is 13.0 Å². The number of hydrogen-bond acceptors (Lipinski definition) is 7. The Morgan fingerprint density at radius 1 is 1.41 bits per heavy atom. The van der Waals surface area contributed by atoms with E-state index >= 15 is 0 Å². The number of aromatic nitrogens is 4. The molecule has 1 aromatic heterocycles. The van der Waals surface area contributed by atoms with Crippen molar-refractivity contribution in [2.45, 2.75) is 43.8 Å². The fraction of sp³-hybridized carbons (Fsp3) is 0.529. The maximum absolute atomic E-state index is 12.3. The number of anilines is 1. The van der Waals surface area contributed by atoms with Crippen LogP contribution in [0.1, 0.15) is 37.3 Å². The summed E-state index contributed by atoms with van der Waals surface area (Å²) in [4.78, 5) is 22.8. The van der Waals surface area contributed by atoms with Crippen molar-refractivity contribution >= 4 is 29.0 Å². The van der Waals surface area contributed by atoms with E-state index in [2.05, 4.69) is 20.8 Å². The van der Waals surface area contributed by atoms with E-state index in [1.165, 1.54) is 43.2 Å². The van der Waals surface area contributed by atoms with Crippen LogP contribution in [0.5, 0.6) is 0 Å². The first-order valence-electron chi connectivity index (χ1n) is 8.97. The van der Waals surface area contributed by atoms with Gasteiger partial charge < -0.3 is 5.32 Å². The lowest BCUT2D eigenvalue weighted by Crippen LogP contribution is -2.19. The summed E-state index contributed by atoms with van der Waals surface area (Å²) in [5.74, 6) is 1.32. The molecule has 0 unspecified atom stereocenters. The van der Waals surface area contributed by atoms with Crippen LogP contribution in [0.25, 0.3) is 0 Å². The van der Waals surface area contributed by atoms with E-state index in [9.17, 15) is 14.9 Å². The Morgan fingerprint density at radius 2 is 2.26 bits per heavy atom. The highest BCUT2D eigenvalue weighted by molar-refractivity contribution is 7.99. The highest BCUT2D eigenvalue weighted by Crippen LogP contribution is 2.50. The number of hydrogen-bond donors (Lipinski definition) is 1. The van der Waals surface area contributed by atoms with Crippen LogP contribution in [0.4, 0.5) is 11.4 Å². The molecule has 1 N–H and O–H groups in total. The number of nitrogens with one attached hydrogen (secondary N) is 1. The summed E-state index contributed by atoms with van der Waals surface area (Å²) in [5, 5.41) is 26.3. The van der Waals surface area contributed by atoms with E-state index in [0.717, 1.165) is 17.9 Å². The molecule has 2 aliphatic rings. The molecule has 2 saturated carbocycles. The Kier molecular flexibility index (Phi) is 4.81. The Labute approximate surface area is 160 Å². The normalized spacial score (nSPS) is 23.5. The molecular weight excluding hydrogens is 368 g/mol. The lowest BCUT2D eigenvalue weighted by atomic mass is 9.96. The molecular formula is C17H20N6O3S. The highest BCUT2D eigenvalue weighted by atomic mass is 32.2. The zero-order valence-corrected chi connectivity index (χ0v) is 15.7. The molecule has 27 heavy (non-hydrogen) atoms. The Balaban J connectivity index is 1.39. The van der Waals surface area contributed by atoms with Gasteiger partial charge in [-0.15, -0.1) is 5.10 Å². The number of carbonyl (C=O) groups excluding carboxylic acids is 1. The third-order valence-electron chi connectivity index (χ3n) is 5.52. The number of benzene rings is 1. The molecule has 2 bridgehead atoms. The molecule has 10 heteroatoms. The van der Waals surface area contributed by atoms with Crippen molar-refractivity contribution in [3.8, 4) is 0 Å². The van der Waals surface area contributed by atoms with Crippen LogP contribution in [0.3, 0.4) is 0 Å². The number of tetrazole rings is 1. The van der Waals surface area contributed by atoms with Gasteiger partial charge in [0.2, 0.25) is 11.1 Å². The van der Waals surface area contributed by atoms with Gasteiger partial charge in [0.25, 0.3) is 5.69 Å². The second-order valence-corrected chi connectivity index (χ2v) is 8.18. The number of rotatable bonds is 6. The van der Waals surface area contributed by atoms with E-state index in [-0.39, 0.29) is 17.3 Å². The smallest absolute Gasteiger partial charge is 0.271 e. The molecule has 0 spiro atoms. The number of nitrogens with zero attached hydrogens (tertiary/aromatic N) is 5. The number of amides is 1. The van der Waals surface area contributed by atoms with Gasteiger partial charge in [0.05, 0.1) is 22.4 Å². The van der Waals surface area contributed by atoms with Crippen molar-refractivity contribution < 1.29 is 9.72 Å². The van der Waals surface area contributed by atoms with Crippen LogP contribution in [-0.2, 0) is 4.79 Å². The molecule has 2 fully saturated rings. The van der Waals surface area contributed by atoms with Crippen molar-refractivity contribution in [3.63, 3.8) is 0 Å². The lowest BCUT2D eigenvalue weighted by Gasteiger charge is -2.22. The third-order valence-corrected chi connectivity index (χ3v) is 6.45. The fourth-order valence-corrected chi connectivity index (χ4v) is 4.90. The van der Waals surface area contributed by atoms with E-state index in [1.807, 2.05) is 4.68 Å². The molecule has 9 nitrogen and oxygen atoms in total. The van der Waals surface area contributed by atoms with Crippen LogP contribution >= 0.6 is 11.8 Å². The lowest BCUT2D eigenvalue weighted by molar-refractivity contribution is -0.384. The molecule has 0 aliphatic heterocycles. The van der Waals surface area contributed by atoms with E-state index in [0.29, 0.717) is 22.8 Å². The standard InChI is InChI=1S/C17H20N6O3S/c1-10-2-5-13(23(25)26)8-14(10)18-16(24)9-27-17-19-20-21-22(17)15-7-11-3-4-12(15)6-11/h2,5,8,11-12,15H,3-4,6-7,9H2,1H3,(H,18,24)/t11-,12-,15+/m0/s1. The van der Waals surface area contributed by atoms with E-state index in [4.69, 9.17) is 0 Å². The Hall–Kier alpha value is -2.49. The SMILES string of the molecule is Cc1ccc([N+](=O)[O-])cc1NC(=O)CSc1nnnn1[C@@H]1C[C@H]2CC[C@H]1C2. The topological polar surface area (TPSA) is 116 Å². The van der Waals surface area contributed by atoms with Crippen molar-refractivity contribution in [1.29, 1.82) is 0 Å². The second kappa shape index (κ2) is 7.26. The average Bonchev–Trinajstić information content (AvgIpc) is 3.37. The fourth-order valence-electron chi connectivity index (χ4n) is 4.17. The van der Waals surface area contributed by atoms with Crippen molar-refractivity contribution in [2.75, 3.05) is 11.1 Å². The number of aryl methyl sites for hydroxylation is 1. The Morgan fingerprint density at radius 3 is 2.96 bits per heavy atom. The summed E-state index contributed by atoms with van der Waals surface area (Å²) in [5.41, 5.74) is 1.16. The quantitative estimate of drug-likeness (QED) is 0.459. The molecule has 142 valence electrons. The minimum atomic E-state index is -0.479. The minimum Gasteiger partial charge on any atom is -0.325 e. The van der Waals surface area contributed by atoms with E-state index < -0.39 is 4.92 Å². The van der Waals surface area contributed by atoms with Crippen LogP contribution in [0.15, 0.2) is 23.4 Å². The zero-order chi connectivity index (χ0) is 19.0. The molecule has 3 atom stereocenters. The van der Waals surface area contributed by atoms with Crippen molar-refractivity contribution in [3.05, 3.63) is 33.9 Å². The van der Waals surface area contributed by atoms with Gasteiger partial charge in [0, 0.05) is 12.1 Å². The molecule has 2 aliphatic carbocycles. The number of non-ortho nitro benzene ring substituents is 1. The summed E-state index contributed by atoms with van der Waals surface area (Å²) in [6.45, 7) is 1.79. The minimum absolute atomic E-state index is 0.0521. The maximum Gasteiger partial charge on any atom is 0.271 e. The molecule has 2 aromatic rings. The highest BCUT2D eigenvalue weighted by Gasteiger charge is 2.42. The molecule has 1 amide bonds. The predicted octanol–water partition coefficient (Wildman–Crippen LogP) is 2.98. The number of carbonyl (C=O) groups is 1. The average molecular weight is 388 g/mol. The van der Waals surface area contributed by atoms with Crippen LogP contribution < -0.4 is 5.32 Å². The molecule has 1 heterocycles. The van der Waals surface area contributed by atoms with Gasteiger partial charge in [0.15, 0.2) is 0 Å². The van der Waals surface area contributed by atoms with Gasteiger partial charge in [0.1, 0.15) is 0 Å². The number of fused-ring (bicyclic) bond motifs is 2. The zero-order valence-electron chi connectivity index (χ0n) is 14.9. The Bertz CT molecular complexity index is 885. The molecule has 0 saturated heterocycles. The third kappa shape index (κ3) is 3.66. The van der Waals surface area contributed by atoms with Gasteiger partial charge in [-0.3, -0.25) is 14.9 Å². The maximum atomic E-state index is 12.3. The van der Waals surface area contributed by atoms with Crippen LogP contribution in [0.2, 0.25) is 0 Å². The van der Waals surface area contributed by atoms with Gasteiger partial charge >= 0.3 is 0 Å².